The van der Waals surface area contributed by atoms with Crippen molar-refractivity contribution in [2.45, 2.75) is 6.92 Å². The maximum absolute atomic E-state index is 12.4. The minimum Gasteiger partial charge on any atom is -0.351 e. The van der Waals surface area contributed by atoms with Gasteiger partial charge in [-0.15, -0.1) is 0 Å². The number of hydrogen-bond donors (Lipinski definition) is 2. The van der Waals surface area contributed by atoms with E-state index in [1.165, 1.54) is 0 Å². The van der Waals surface area contributed by atoms with E-state index in [0.717, 1.165) is 0 Å². The van der Waals surface area contributed by atoms with Gasteiger partial charge in [-0.3, -0.25) is 9.59 Å². The van der Waals surface area contributed by atoms with Crippen molar-refractivity contribution in [1.29, 1.82) is 0 Å². The number of rotatable bonds is 7. The Bertz CT molecular complexity index is 913. The molecule has 138 valence electrons. The molecule has 2 N–H and O–H groups in total. The number of carbonyl (C=O) groups is 2. The second kappa shape index (κ2) is 8.95. The lowest BCUT2D eigenvalue weighted by molar-refractivity contribution is 0.0957. The van der Waals surface area contributed by atoms with Crippen molar-refractivity contribution in [3.63, 3.8) is 0 Å². The summed E-state index contributed by atoms with van der Waals surface area (Å²) in [7, 11) is -3.16. The van der Waals surface area contributed by atoms with Crippen molar-refractivity contribution < 1.29 is 18.0 Å². The molecule has 2 aromatic rings. The number of anilines is 1. The average Bonchev–Trinajstić information content (AvgIpc) is 2.62. The van der Waals surface area contributed by atoms with Gasteiger partial charge in [-0.2, -0.15) is 0 Å². The Morgan fingerprint density at radius 1 is 0.962 bits per heavy atom. The largest absolute Gasteiger partial charge is 0.351 e. The van der Waals surface area contributed by atoms with Gasteiger partial charge in [0.05, 0.1) is 22.6 Å². The summed E-state index contributed by atoms with van der Waals surface area (Å²) in [5.74, 6) is -0.895. The van der Waals surface area contributed by atoms with Crippen LogP contribution in [-0.2, 0) is 9.84 Å². The number of benzene rings is 2. The van der Waals surface area contributed by atoms with Crippen molar-refractivity contribution in [1.82, 2.24) is 5.32 Å². The minimum atomic E-state index is -3.16. The van der Waals surface area contributed by atoms with Gasteiger partial charge in [0, 0.05) is 16.8 Å². The summed E-state index contributed by atoms with van der Waals surface area (Å²) in [5.41, 5.74) is 1.06. The summed E-state index contributed by atoms with van der Waals surface area (Å²) in [6, 6.07) is 13.5. The van der Waals surface area contributed by atoms with Crippen molar-refractivity contribution in [3.8, 4) is 0 Å². The fourth-order valence-electron chi connectivity index (χ4n) is 2.18. The summed E-state index contributed by atoms with van der Waals surface area (Å²) < 4.78 is 23.7. The lowest BCUT2D eigenvalue weighted by atomic mass is 10.1. The molecule has 8 heteroatoms. The highest BCUT2D eigenvalue weighted by Gasteiger charge is 2.16. The topological polar surface area (TPSA) is 92.3 Å². The lowest BCUT2D eigenvalue weighted by Crippen LogP contribution is -2.30. The molecule has 0 radical (unpaired) electrons. The van der Waals surface area contributed by atoms with Crippen LogP contribution in [0, 0.1) is 0 Å². The van der Waals surface area contributed by atoms with Crippen molar-refractivity contribution in [2.24, 2.45) is 0 Å². The summed E-state index contributed by atoms with van der Waals surface area (Å²) in [4.78, 5) is 24.8. The molecule has 0 atom stereocenters. The lowest BCUT2D eigenvalue weighted by Gasteiger charge is -2.12. The highest BCUT2D eigenvalue weighted by molar-refractivity contribution is 9.10. The SMILES string of the molecule is CCS(=O)(=O)CCNC(=O)c1ccccc1NC(=O)c1ccccc1Br. The quantitative estimate of drug-likeness (QED) is 0.694. The van der Waals surface area contributed by atoms with Crippen molar-refractivity contribution in [3.05, 3.63) is 64.1 Å². The Kier molecular flexibility index (Phi) is 6.93. The van der Waals surface area contributed by atoms with Gasteiger partial charge < -0.3 is 10.6 Å². The van der Waals surface area contributed by atoms with Gasteiger partial charge in [0.15, 0.2) is 9.84 Å². The highest BCUT2D eigenvalue weighted by atomic mass is 79.9. The van der Waals surface area contributed by atoms with Gasteiger partial charge >= 0.3 is 0 Å². The van der Waals surface area contributed by atoms with Gasteiger partial charge in [-0.25, -0.2) is 8.42 Å². The number of para-hydroxylation sites is 1. The number of hydrogen-bond acceptors (Lipinski definition) is 4. The van der Waals surface area contributed by atoms with E-state index < -0.39 is 15.7 Å². The number of carbonyl (C=O) groups excluding carboxylic acids is 2. The number of halogens is 1. The van der Waals surface area contributed by atoms with Gasteiger partial charge in [0.2, 0.25) is 0 Å². The van der Waals surface area contributed by atoms with Crippen LogP contribution in [0.3, 0.4) is 0 Å². The molecule has 0 aromatic heterocycles. The maximum atomic E-state index is 12.4. The monoisotopic (exact) mass is 438 g/mol. The van der Waals surface area contributed by atoms with E-state index in [-0.39, 0.29) is 29.5 Å². The Balaban J connectivity index is 2.11. The summed E-state index contributed by atoms with van der Waals surface area (Å²) in [5, 5.41) is 5.29. The Labute approximate surface area is 161 Å². The predicted octanol–water partition coefficient (Wildman–Crippen LogP) is 2.87. The third-order valence-corrected chi connectivity index (χ3v) is 6.07. The van der Waals surface area contributed by atoms with E-state index >= 15 is 0 Å². The molecule has 0 saturated carbocycles. The molecule has 6 nitrogen and oxygen atoms in total. The molecule has 0 unspecified atom stereocenters. The van der Waals surface area contributed by atoms with Gasteiger partial charge in [-0.1, -0.05) is 31.2 Å². The van der Waals surface area contributed by atoms with E-state index in [4.69, 9.17) is 0 Å². The van der Waals surface area contributed by atoms with Gasteiger partial charge in [0.25, 0.3) is 11.8 Å². The predicted molar refractivity (Wildman–Crippen MR) is 105 cm³/mol. The van der Waals surface area contributed by atoms with Crippen LogP contribution in [0.5, 0.6) is 0 Å². The van der Waals surface area contributed by atoms with Crippen LogP contribution in [0.2, 0.25) is 0 Å². The summed E-state index contributed by atoms with van der Waals surface area (Å²) >= 11 is 3.32. The second-order valence-corrected chi connectivity index (χ2v) is 8.80. The van der Waals surface area contributed by atoms with Crippen LogP contribution in [0.1, 0.15) is 27.6 Å². The molecule has 0 aliphatic carbocycles. The molecule has 26 heavy (non-hydrogen) atoms. The first kappa shape index (κ1) is 20.1. The third-order valence-electron chi connectivity index (χ3n) is 3.68. The molecule has 0 heterocycles. The molecule has 0 spiro atoms. The fourth-order valence-corrected chi connectivity index (χ4v) is 3.35. The standard InChI is InChI=1S/C18H19BrN2O4S/c1-2-26(24,25)12-11-20-17(22)14-8-4-6-10-16(14)21-18(23)13-7-3-5-9-15(13)19/h3-10H,2,11-12H2,1H3,(H,20,22)(H,21,23). The molecule has 0 saturated heterocycles. The van der Waals surface area contributed by atoms with Gasteiger partial charge in [-0.05, 0) is 40.2 Å². The van der Waals surface area contributed by atoms with Crippen molar-refractivity contribution >= 4 is 43.3 Å². The Morgan fingerprint density at radius 3 is 2.23 bits per heavy atom. The molecule has 2 rings (SSSR count). The first-order chi connectivity index (χ1) is 12.3. The smallest absolute Gasteiger partial charge is 0.256 e. The molecule has 2 aromatic carbocycles. The highest BCUT2D eigenvalue weighted by Crippen LogP contribution is 2.20. The minimum absolute atomic E-state index is 0.0154. The Hall–Kier alpha value is -2.19. The normalized spacial score (nSPS) is 11.0. The molecule has 2 amide bonds. The van der Waals surface area contributed by atoms with Crippen LogP contribution >= 0.6 is 15.9 Å². The van der Waals surface area contributed by atoms with Crippen LogP contribution in [0.15, 0.2) is 53.0 Å². The summed E-state index contributed by atoms with van der Waals surface area (Å²) in [6.07, 6.45) is 0. The first-order valence-electron chi connectivity index (χ1n) is 7.97. The van der Waals surface area contributed by atoms with E-state index in [9.17, 15) is 18.0 Å². The number of nitrogens with one attached hydrogen (secondary N) is 2. The molecule has 0 aliphatic rings. The van der Waals surface area contributed by atoms with Crippen molar-refractivity contribution in [2.75, 3.05) is 23.4 Å². The number of amides is 2. The van der Waals surface area contributed by atoms with E-state index in [1.54, 1.807) is 55.5 Å². The zero-order chi connectivity index (χ0) is 19.2. The molecule has 0 aliphatic heterocycles. The average molecular weight is 439 g/mol. The second-order valence-electron chi connectivity index (χ2n) is 5.47. The van der Waals surface area contributed by atoms with Crippen LogP contribution in [0.25, 0.3) is 0 Å². The van der Waals surface area contributed by atoms with Crippen LogP contribution in [-0.4, -0.2) is 38.3 Å². The van der Waals surface area contributed by atoms with E-state index in [1.807, 2.05) is 0 Å². The number of sulfone groups is 1. The van der Waals surface area contributed by atoms with Crippen LogP contribution in [0.4, 0.5) is 5.69 Å². The van der Waals surface area contributed by atoms with E-state index in [2.05, 4.69) is 26.6 Å². The van der Waals surface area contributed by atoms with Gasteiger partial charge in [0.1, 0.15) is 0 Å². The van der Waals surface area contributed by atoms with Crippen LogP contribution < -0.4 is 10.6 Å². The maximum Gasteiger partial charge on any atom is 0.256 e. The molecular formula is C18H19BrN2O4S. The molecular weight excluding hydrogens is 420 g/mol. The summed E-state index contributed by atoms with van der Waals surface area (Å²) in [6.45, 7) is 1.57. The third kappa shape index (κ3) is 5.40. The zero-order valence-corrected chi connectivity index (χ0v) is 16.6. The zero-order valence-electron chi connectivity index (χ0n) is 14.2. The molecule has 0 fully saturated rings. The Morgan fingerprint density at radius 2 is 1.58 bits per heavy atom. The first-order valence-corrected chi connectivity index (χ1v) is 10.6. The van der Waals surface area contributed by atoms with E-state index in [0.29, 0.717) is 15.7 Å². The molecule has 0 bridgehead atoms. The fraction of sp³-hybridized carbons (Fsp3) is 0.222.